The topological polar surface area (TPSA) is 60.1 Å². The highest BCUT2D eigenvalue weighted by Gasteiger charge is 2.09. The zero-order valence-electron chi connectivity index (χ0n) is 15.6. The van der Waals surface area contributed by atoms with E-state index in [0.717, 1.165) is 33.7 Å². The molecule has 0 aliphatic carbocycles. The van der Waals surface area contributed by atoms with Gasteiger partial charge in [-0.2, -0.15) is 0 Å². The minimum absolute atomic E-state index is 0.0244. The Morgan fingerprint density at radius 1 is 1.00 bits per heavy atom. The van der Waals surface area contributed by atoms with E-state index in [2.05, 4.69) is 10.3 Å². The first kappa shape index (κ1) is 17.2. The van der Waals surface area contributed by atoms with Crippen molar-refractivity contribution in [2.24, 2.45) is 7.05 Å². The average Bonchev–Trinajstić information content (AvgIpc) is 3.15. The van der Waals surface area contributed by atoms with Crippen LogP contribution < -0.4 is 10.9 Å². The molecule has 0 aliphatic rings. The van der Waals surface area contributed by atoms with Gasteiger partial charge in [-0.3, -0.25) is 9.36 Å². The van der Waals surface area contributed by atoms with Crippen LogP contribution in [0.4, 0.5) is 0 Å². The van der Waals surface area contributed by atoms with Crippen LogP contribution in [0.2, 0.25) is 0 Å². The maximum Gasteiger partial charge on any atom is 0.261 e. The second kappa shape index (κ2) is 6.85. The second-order valence-electron chi connectivity index (χ2n) is 6.63. The molecule has 0 amide bonds. The van der Waals surface area contributed by atoms with Crippen LogP contribution in [0.25, 0.3) is 33.4 Å². The van der Waals surface area contributed by atoms with Crippen molar-refractivity contribution in [2.45, 2.75) is 13.5 Å². The van der Waals surface area contributed by atoms with Crippen molar-refractivity contribution in [3.05, 3.63) is 76.5 Å². The van der Waals surface area contributed by atoms with Crippen molar-refractivity contribution in [1.82, 2.24) is 14.9 Å². The highest BCUT2D eigenvalue weighted by molar-refractivity contribution is 5.84. The lowest BCUT2D eigenvalue weighted by Gasteiger charge is -2.08. The van der Waals surface area contributed by atoms with Crippen molar-refractivity contribution in [3.63, 3.8) is 0 Å². The summed E-state index contributed by atoms with van der Waals surface area (Å²) >= 11 is 0. The SMILES string of the molecule is CNCc1ccc(-c2ccc(-c3ccc4nc(C)n(C)c(=O)c4c3)cc2)o1. The zero-order valence-corrected chi connectivity index (χ0v) is 15.6. The van der Waals surface area contributed by atoms with E-state index in [1.165, 1.54) is 0 Å². The summed E-state index contributed by atoms with van der Waals surface area (Å²) in [5.74, 6) is 2.46. The zero-order chi connectivity index (χ0) is 19.0. The molecule has 1 N–H and O–H groups in total. The van der Waals surface area contributed by atoms with Gasteiger partial charge in [0.25, 0.3) is 5.56 Å². The van der Waals surface area contributed by atoms with Crippen molar-refractivity contribution in [3.8, 4) is 22.5 Å². The van der Waals surface area contributed by atoms with E-state index in [-0.39, 0.29) is 5.56 Å². The summed E-state index contributed by atoms with van der Waals surface area (Å²) < 4.78 is 7.42. The summed E-state index contributed by atoms with van der Waals surface area (Å²) in [5.41, 5.74) is 3.76. The Morgan fingerprint density at radius 3 is 2.44 bits per heavy atom. The number of hydrogen-bond donors (Lipinski definition) is 1. The Balaban J connectivity index is 1.70. The lowest BCUT2D eigenvalue weighted by molar-refractivity contribution is 0.507. The van der Waals surface area contributed by atoms with Gasteiger partial charge in [-0.15, -0.1) is 0 Å². The predicted octanol–water partition coefficient (Wildman–Crippen LogP) is 3.89. The summed E-state index contributed by atoms with van der Waals surface area (Å²) in [6.07, 6.45) is 0. The van der Waals surface area contributed by atoms with Gasteiger partial charge in [0.1, 0.15) is 17.3 Å². The Morgan fingerprint density at radius 2 is 1.70 bits per heavy atom. The molecule has 2 aromatic heterocycles. The Bertz CT molecular complexity index is 1170. The summed E-state index contributed by atoms with van der Waals surface area (Å²) in [6, 6.07) is 17.9. The third kappa shape index (κ3) is 3.17. The fourth-order valence-electron chi connectivity index (χ4n) is 3.19. The molecule has 5 nitrogen and oxygen atoms in total. The molecule has 4 aromatic rings. The largest absolute Gasteiger partial charge is 0.460 e. The third-order valence-electron chi connectivity index (χ3n) is 4.81. The molecule has 0 atom stereocenters. The van der Waals surface area contributed by atoms with E-state index in [9.17, 15) is 4.79 Å². The molecular formula is C22H21N3O2. The summed E-state index contributed by atoms with van der Waals surface area (Å²) in [4.78, 5) is 17.0. The number of benzene rings is 2. The number of hydrogen-bond acceptors (Lipinski definition) is 4. The average molecular weight is 359 g/mol. The molecule has 4 rings (SSSR count). The van der Waals surface area contributed by atoms with Gasteiger partial charge in [-0.25, -0.2) is 4.98 Å². The van der Waals surface area contributed by atoms with Crippen LogP contribution in [0.3, 0.4) is 0 Å². The van der Waals surface area contributed by atoms with E-state index in [0.29, 0.717) is 17.8 Å². The Hall–Kier alpha value is -3.18. The smallest absolute Gasteiger partial charge is 0.261 e. The van der Waals surface area contributed by atoms with Crippen LogP contribution in [0, 0.1) is 6.92 Å². The first-order valence-corrected chi connectivity index (χ1v) is 8.88. The molecule has 5 heteroatoms. The number of rotatable bonds is 4. The molecular weight excluding hydrogens is 338 g/mol. The van der Waals surface area contributed by atoms with Crippen molar-refractivity contribution >= 4 is 10.9 Å². The summed E-state index contributed by atoms with van der Waals surface area (Å²) in [5, 5.41) is 3.71. The number of nitrogens with one attached hydrogen (secondary N) is 1. The number of fused-ring (bicyclic) bond motifs is 1. The Kier molecular flexibility index (Phi) is 4.38. The number of nitrogens with zero attached hydrogens (tertiary/aromatic N) is 2. The molecule has 0 radical (unpaired) electrons. The van der Waals surface area contributed by atoms with Crippen LogP contribution in [-0.2, 0) is 13.6 Å². The highest BCUT2D eigenvalue weighted by atomic mass is 16.3. The van der Waals surface area contributed by atoms with E-state index in [4.69, 9.17) is 4.42 Å². The first-order chi connectivity index (χ1) is 13.1. The lowest BCUT2D eigenvalue weighted by Crippen LogP contribution is -2.20. The standard InChI is InChI=1S/C22H21N3O2/c1-14-24-20-10-8-17(12-19(20)22(26)25(14)3)15-4-6-16(7-5-15)21-11-9-18(27-21)13-23-2/h4-12,23H,13H2,1-3H3. The fraction of sp³-hybridized carbons (Fsp3) is 0.182. The van der Waals surface area contributed by atoms with Crippen molar-refractivity contribution < 1.29 is 4.42 Å². The van der Waals surface area contributed by atoms with Crippen LogP contribution in [0.15, 0.2) is 63.8 Å². The van der Waals surface area contributed by atoms with Crippen LogP contribution in [-0.4, -0.2) is 16.6 Å². The fourth-order valence-corrected chi connectivity index (χ4v) is 3.19. The minimum atomic E-state index is -0.0244. The van der Waals surface area contributed by atoms with Crippen molar-refractivity contribution in [1.29, 1.82) is 0 Å². The molecule has 0 spiro atoms. The Labute approximate surface area is 157 Å². The first-order valence-electron chi connectivity index (χ1n) is 8.88. The molecule has 0 fully saturated rings. The van der Waals surface area contributed by atoms with Gasteiger partial charge in [-0.1, -0.05) is 30.3 Å². The van der Waals surface area contributed by atoms with Gasteiger partial charge >= 0.3 is 0 Å². The molecule has 0 unspecified atom stereocenters. The van der Waals surface area contributed by atoms with Gasteiger partial charge < -0.3 is 9.73 Å². The molecule has 136 valence electrons. The second-order valence-corrected chi connectivity index (χ2v) is 6.63. The van der Waals surface area contributed by atoms with Crippen LogP contribution >= 0.6 is 0 Å². The van der Waals surface area contributed by atoms with E-state index < -0.39 is 0 Å². The summed E-state index contributed by atoms with van der Waals surface area (Å²) in [6.45, 7) is 2.54. The molecule has 27 heavy (non-hydrogen) atoms. The monoisotopic (exact) mass is 359 g/mol. The van der Waals surface area contributed by atoms with Crippen molar-refractivity contribution in [2.75, 3.05) is 7.05 Å². The van der Waals surface area contributed by atoms with Gasteiger partial charge in [0.15, 0.2) is 0 Å². The maximum atomic E-state index is 12.5. The number of aryl methyl sites for hydroxylation is 1. The van der Waals surface area contributed by atoms with Gasteiger partial charge in [0, 0.05) is 12.6 Å². The maximum absolute atomic E-state index is 12.5. The third-order valence-corrected chi connectivity index (χ3v) is 4.81. The molecule has 0 saturated carbocycles. The van der Waals surface area contributed by atoms with E-state index in [1.807, 2.05) is 68.6 Å². The molecule has 2 aromatic carbocycles. The van der Waals surface area contributed by atoms with Gasteiger partial charge in [0.2, 0.25) is 0 Å². The quantitative estimate of drug-likeness (QED) is 0.601. The molecule has 0 bridgehead atoms. The minimum Gasteiger partial charge on any atom is -0.460 e. The highest BCUT2D eigenvalue weighted by Crippen LogP contribution is 2.27. The normalized spacial score (nSPS) is 11.2. The number of aromatic nitrogens is 2. The molecule has 0 saturated heterocycles. The summed E-state index contributed by atoms with van der Waals surface area (Å²) in [7, 11) is 3.64. The van der Waals surface area contributed by atoms with Crippen LogP contribution in [0.1, 0.15) is 11.6 Å². The van der Waals surface area contributed by atoms with E-state index >= 15 is 0 Å². The van der Waals surface area contributed by atoms with Gasteiger partial charge in [-0.05, 0) is 49.4 Å². The molecule has 0 aliphatic heterocycles. The van der Waals surface area contributed by atoms with E-state index in [1.54, 1.807) is 11.6 Å². The lowest BCUT2D eigenvalue weighted by atomic mass is 10.0. The van der Waals surface area contributed by atoms with Gasteiger partial charge in [0.05, 0.1) is 17.4 Å². The molecule has 2 heterocycles. The predicted molar refractivity (Wildman–Crippen MR) is 108 cm³/mol. The van der Waals surface area contributed by atoms with Crippen LogP contribution in [0.5, 0.6) is 0 Å². The number of furan rings is 1.